The van der Waals surface area contributed by atoms with Crippen LogP contribution >= 0.6 is 0 Å². The summed E-state index contributed by atoms with van der Waals surface area (Å²) in [7, 11) is 0. The first-order valence-electron chi connectivity index (χ1n) is 7.74. The van der Waals surface area contributed by atoms with Crippen LogP contribution in [0.3, 0.4) is 0 Å². The van der Waals surface area contributed by atoms with Gasteiger partial charge in [0.1, 0.15) is 0 Å². The third-order valence-electron chi connectivity index (χ3n) is 3.87. The smallest absolute Gasteiger partial charge is 0.0445 e. The highest BCUT2D eigenvalue weighted by molar-refractivity contribution is 5.77. The molecule has 0 amide bonds. The number of benzene rings is 1. The normalized spacial score (nSPS) is 13.7. The number of aryl methyl sites for hydroxylation is 1. The molecule has 3 heteroatoms. The van der Waals surface area contributed by atoms with Crippen molar-refractivity contribution in [1.29, 1.82) is 0 Å². The molecule has 2 heterocycles. The van der Waals surface area contributed by atoms with Crippen LogP contribution in [-0.4, -0.2) is 11.5 Å². The Balaban J connectivity index is 1.77. The Bertz CT molecular complexity index is 783. The van der Waals surface area contributed by atoms with Crippen molar-refractivity contribution in [2.75, 3.05) is 11.9 Å². The lowest BCUT2D eigenvalue weighted by atomic mass is 10.0. The summed E-state index contributed by atoms with van der Waals surface area (Å²) < 4.78 is 0. The summed E-state index contributed by atoms with van der Waals surface area (Å²) in [4.78, 5) is 4.20. The van der Waals surface area contributed by atoms with E-state index in [1.54, 1.807) is 6.20 Å². The van der Waals surface area contributed by atoms with Crippen LogP contribution in [0.5, 0.6) is 0 Å². The van der Waals surface area contributed by atoms with Crippen LogP contribution in [-0.2, 0) is 0 Å². The molecule has 0 saturated carbocycles. The number of dihydropyridines is 1. The molecular weight excluding hydrogens is 282 g/mol. The zero-order chi connectivity index (χ0) is 16.2. The summed E-state index contributed by atoms with van der Waals surface area (Å²) in [6.07, 6.45) is 6.09. The second kappa shape index (κ2) is 6.53. The van der Waals surface area contributed by atoms with Gasteiger partial charge in [-0.3, -0.25) is 4.98 Å². The molecule has 0 aliphatic carbocycles. The number of nitrogens with zero attached hydrogens (tertiary/aromatic N) is 1. The van der Waals surface area contributed by atoms with Crippen LogP contribution in [0.2, 0.25) is 0 Å². The van der Waals surface area contributed by atoms with Gasteiger partial charge in [-0.25, -0.2) is 0 Å². The zero-order valence-electron chi connectivity index (χ0n) is 13.6. The number of allylic oxidation sites excluding steroid dienone is 2. The highest BCUT2D eigenvalue weighted by atomic mass is 14.9. The Morgan fingerprint density at radius 1 is 1.17 bits per heavy atom. The van der Waals surface area contributed by atoms with Gasteiger partial charge in [-0.15, -0.1) is 0 Å². The van der Waals surface area contributed by atoms with Crippen LogP contribution in [0.4, 0.5) is 5.69 Å². The fraction of sp³-hybridized carbons (Fsp3) is 0.150. The molecule has 2 N–H and O–H groups in total. The van der Waals surface area contributed by atoms with Crippen LogP contribution in [0.25, 0.3) is 11.4 Å². The zero-order valence-corrected chi connectivity index (χ0v) is 13.6. The Morgan fingerprint density at radius 2 is 1.96 bits per heavy atom. The van der Waals surface area contributed by atoms with Crippen molar-refractivity contribution >= 4 is 17.1 Å². The van der Waals surface area contributed by atoms with E-state index in [1.165, 1.54) is 16.8 Å². The molecule has 0 saturated heterocycles. The first-order chi connectivity index (χ1) is 11.1. The minimum atomic E-state index is 0.879. The molecule has 23 heavy (non-hydrogen) atoms. The van der Waals surface area contributed by atoms with Gasteiger partial charge in [0.05, 0.1) is 0 Å². The fourth-order valence-corrected chi connectivity index (χ4v) is 2.66. The van der Waals surface area contributed by atoms with Gasteiger partial charge in [-0.05, 0) is 42.7 Å². The van der Waals surface area contributed by atoms with Gasteiger partial charge in [0.25, 0.3) is 0 Å². The van der Waals surface area contributed by atoms with Crippen molar-refractivity contribution in [1.82, 2.24) is 10.3 Å². The maximum Gasteiger partial charge on any atom is 0.0445 e. The molecule has 3 rings (SSSR count). The Morgan fingerprint density at radius 3 is 2.65 bits per heavy atom. The summed E-state index contributed by atoms with van der Waals surface area (Å²) in [6.45, 7) is 9.12. The summed E-state index contributed by atoms with van der Waals surface area (Å²) >= 11 is 0. The average Bonchev–Trinajstić information content (AvgIpc) is 2.55. The van der Waals surface area contributed by atoms with Gasteiger partial charge in [0.15, 0.2) is 0 Å². The lowest BCUT2D eigenvalue weighted by Crippen LogP contribution is -2.16. The van der Waals surface area contributed by atoms with Crippen molar-refractivity contribution in [2.45, 2.75) is 13.8 Å². The molecule has 0 fully saturated rings. The number of pyridine rings is 1. The quantitative estimate of drug-likeness (QED) is 0.881. The van der Waals surface area contributed by atoms with E-state index in [0.29, 0.717) is 0 Å². The molecule has 3 nitrogen and oxygen atoms in total. The number of rotatable bonds is 4. The highest BCUT2D eigenvalue weighted by Crippen LogP contribution is 2.22. The first kappa shape index (κ1) is 15.1. The molecule has 1 aromatic heterocycles. The van der Waals surface area contributed by atoms with Crippen LogP contribution in [0.1, 0.15) is 23.7 Å². The van der Waals surface area contributed by atoms with Crippen molar-refractivity contribution < 1.29 is 0 Å². The van der Waals surface area contributed by atoms with Crippen LogP contribution in [0, 0.1) is 6.92 Å². The molecular formula is C20H21N3. The molecule has 2 aromatic rings. The summed E-state index contributed by atoms with van der Waals surface area (Å²) in [5.74, 6) is 0. The minimum Gasteiger partial charge on any atom is -0.381 e. The first-order valence-corrected chi connectivity index (χ1v) is 7.74. The predicted molar refractivity (Wildman–Crippen MR) is 97.8 cm³/mol. The lowest BCUT2D eigenvalue weighted by Gasteiger charge is -2.17. The summed E-state index contributed by atoms with van der Waals surface area (Å²) in [5.41, 5.74) is 7.59. The molecule has 116 valence electrons. The van der Waals surface area contributed by atoms with Gasteiger partial charge in [0.2, 0.25) is 0 Å². The number of nitrogens with one attached hydrogen (secondary N) is 2. The molecule has 0 bridgehead atoms. The number of hydrogen-bond donors (Lipinski definition) is 2. The Labute approximate surface area is 137 Å². The van der Waals surface area contributed by atoms with E-state index in [2.05, 4.69) is 65.5 Å². The average molecular weight is 303 g/mol. The molecule has 1 aliphatic heterocycles. The maximum absolute atomic E-state index is 4.20. The molecule has 0 spiro atoms. The molecule has 1 aromatic carbocycles. The fourth-order valence-electron chi connectivity index (χ4n) is 2.66. The van der Waals surface area contributed by atoms with Gasteiger partial charge < -0.3 is 10.6 Å². The monoisotopic (exact) mass is 303 g/mol. The third kappa shape index (κ3) is 3.51. The maximum atomic E-state index is 4.20. The van der Waals surface area contributed by atoms with Crippen molar-refractivity contribution in [3.8, 4) is 0 Å². The predicted octanol–water partition coefficient (Wildman–Crippen LogP) is 4.36. The highest BCUT2D eigenvalue weighted by Gasteiger charge is 2.07. The van der Waals surface area contributed by atoms with Crippen molar-refractivity contribution in [3.05, 3.63) is 83.7 Å². The van der Waals surface area contributed by atoms with Crippen molar-refractivity contribution in [2.24, 2.45) is 0 Å². The van der Waals surface area contributed by atoms with E-state index in [0.717, 1.165) is 29.2 Å². The van der Waals surface area contributed by atoms with E-state index >= 15 is 0 Å². The van der Waals surface area contributed by atoms with E-state index in [4.69, 9.17) is 0 Å². The minimum absolute atomic E-state index is 0.879. The van der Waals surface area contributed by atoms with E-state index in [-0.39, 0.29) is 0 Å². The SMILES string of the molecule is C=C(Nc1ccnc(C)c1)c1ccc(C2=C(C)C=CCN2)cc1. The van der Waals surface area contributed by atoms with E-state index in [9.17, 15) is 0 Å². The van der Waals surface area contributed by atoms with Gasteiger partial charge in [-0.2, -0.15) is 0 Å². The molecule has 1 aliphatic rings. The lowest BCUT2D eigenvalue weighted by molar-refractivity contribution is 0.980. The van der Waals surface area contributed by atoms with Gasteiger partial charge in [0, 0.05) is 35.5 Å². The third-order valence-corrected chi connectivity index (χ3v) is 3.87. The second-order valence-corrected chi connectivity index (χ2v) is 5.71. The number of hydrogen-bond acceptors (Lipinski definition) is 3. The summed E-state index contributed by atoms with van der Waals surface area (Å²) in [6, 6.07) is 12.4. The van der Waals surface area contributed by atoms with Crippen LogP contribution < -0.4 is 10.6 Å². The van der Waals surface area contributed by atoms with E-state index < -0.39 is 0 Å². The van der Waals surface area contributed by atoms with Gasteiger partial charge >= 0.3 is 0 Å². The topological polar surface area (TPSA) is 37.0 Å². The Kier molecular flexibility index (Phi) is 4.29. The van der Waals surface area contributed by atoms with Crippen LogP contribution in [0.15, 0.2) is 66.9 Å². The summed E-state index contributed by atoms with van der Waals surface area (Å²) in [5, 5.41) is 6.76. The Hall–Kier alpha value is -2.81. The molecule has 0 unspecified atom stereocenters. The molecule has 0 atom stereocenters. The van der Waals surface area contributed by atoms with Crippen molar-refractivity contribution in [3.63, 3.8) is 0 Å². The molecule has 0 radical (unpaired) electrons. The standard InChI is InChI=1S/C20H21N3/c1-14-5-4-11-22-20(14)18-8-6-17(7-9-18)16(3)23-19-10-12-21-15(2)13-19/h4-10,12-13,22H,3,11H2,1-2H3,(H,21,23). The number of aromatic nitrogens is 1. The van der Waals surface area contributed by atoms with Gasteiger partial charge in [-0.1, -0.05) is 43.0 Å². The van der Waals surface area contributed by atoms with E-state index in [1.807, 2.05) is 19.1 Å². The number of anilines is 1. The second-order valence-electron chi connectivity index (χ2n) is 5.71. The largest absolute Gasteiger partial charge is 0.381 e.